The van der Waals surface area contributed by atoms with Gasteiger partial charge in [-0.2, -0.15) is 4.98 Å². The number of rotatable bonds is 5. The summed E-state index contributed by atoms with van der Waals surface area (Å²) in [6.45, 7) is 4.35. The fourth-order valence-corrected chi connectivity index (χ4v) is 3.75. The van der Waals surface area contributed by atoms with Gasteiger partial charge in [0, 0.05) is 36.8 Å². The molecule has 1 atom stereocenters. The molecule has 3 aromatic rings. The molecule has 1 N–H and O–H groups in total. The van der Waals surface area contributed by atoms with E-state index in [0.717, 1.165) is 5.56 Å². The maximum atomic E-state index is 12.9. The Morgan fingerprint density at radius 1 is 1.16 bits per heavy atom. The van der Waals surface area contributed by atoms with Crippen molar-refractivity contribution in [2.75, 3.05) is 33.3 Å². The Labute approximate surface area is 185 Å². The van der Waals surface area contributed by atoms with Crippen molar-refractivity contribution in [3.8, 4) is 22.9 Å². The highest BCUT2D eigenvalue weighted by atomic mass is 35.5. The van der Waals surface area contributed by atoms with Gasteiger partial charge in [0.1, 0.15) is 0 Å². The number of piperazine rings is 1. The molecule has 1 aliphatic heterocycles. The summed E-state index contributed by atoms with van der Waals surface area (Å²) in [7, 11) is 1.46. The Hall–Kier alpha value is -3.10. The quantitative estimate of drug-likeness (QED) is 0.645. The number of hydrogen-bond donors (Lipinski definition) is 1. The van der Waals surface area contributed by atoms with Gasteiger partial charge in [-0.05, 0) is 43.3 Å². The van der Waals surface area contributed by atoms with Gasteiger partial charge >= 0.3 is 0 Å². The molecule has 1 fully saturated rings. The summed E-state index contributed by atoms with van der Waals surface area (Å²) in [6, 6.07) is 12.1. The predicted molar refractivity (Wildman–Crippen MR) is 115 cm³/mol. The van der Waals surface area contributed by atoms with Crippen LogP contribution in [0.2, 0.25) is 5.02 Å². The third-order valence-electron chi connectivity index (χ3n) is 5.50. The number of phenols is 1. The first-order chi connectivity index (χ1) is 15.0. The van der Waals surface area contributed by atoms with Crippen LogP contribution < -0.4 is 4.74 Å². The molecule has 0 saturated carbocycles. The van der Waals surface area contributed by atoms with Crippen molar-refractivity contribution in [1.29, 1.82) is 0 Å². The van der Waals surface area contributed by atoms with E-state index in [1.165, 1.54) is 7.11 Å². The number of hydrogen-bond acceptors (Lipinski definition) is 7. The lowest BCUT2D eigenvalue weighted by molar-refractivity contribution is 0.0548. The molecule has 2 heterocycles. The normalized spacial score (nSPS) is 15.6. The smallest absolute Gasteiger partial charge is 0.257 e. The van der Waals surface area contributed by atoms with Crippen LogP contribution in [0.4, 0.5) is 0 Å². The van der Waals surface area contributed by atoms with E-state index in [-0.39, 0.29) is 29.0 Å². The van der Waals surface area contributed by atoms with Crippen LogP contribution in [-0.2, 0) is 0 Å². The molecule has 2 aromatic carbocycles. The molecule has 162 valence electrons. The van der Waals surface area contributed by atoms with Crippen LogP contribution >= 0.6 is 11.6 Å². The van der Waals surface area contributed by atoms with E-state index in [1.807, 2.05) is 19.1 Å². The molecular weight excluding hydrogens is 420 g/mol. The van der Waals surface area contributed by atoms with Gasteiger partial charge in [0.25, 0.3) is 5.91 Å². The minimum absolute atomic E-state index is 0.0870. The maximum Gasteiger partial charge on any atom is 0.257 e. The molecule has 1 saturated heterocycles. The SMILES string of the molecule is COc1cccc(C(=O)N2CCN([C@H](C)c3nc(-c4ccc(Cl)cc4)no3)CC2)c1O. The highest BCUT2D eigenvalue weighted by molar-refractivity contribution is 6.30. The molecule has 0 radical (unpaired) electrons. The van der Waals surface area contributed by atoms with Crippen molar-refractivity contribution in [1.82, 2.24) is 19.9 Å². The molecule has 0 bridgehead atoms. The second-order valence-corrected chi connectivity index (χ2v) is 7.76. The molecule has 1 aromatic heterocycles. The summed E-state index contributed by atoms with van der Waals surface area (Å²) in [5.74, 6) is 0.972. The van der Waals surface area contributed by atoms with Crippen LogP contribution in [0.1, 0.15) is 29.2 Å². The highest BCUT2D eigenvalue weighted by Crippen LogP contribution is 2.31. The fraction of sp³-hybridized carbons (Fsp3) is 0.318. The molecule has 1 amide bonds. The maximum absolute atomic E-state index is 12.9. The van der Waals surface area contributed by atoms with E-state index < -0.39 is 0 Å². The molecule has 8 nitrogen and oxygen atoms in total. The predicted octanol–water partition coefficient (Wildman–Crippen LogP) is 3.62. The number of aromatic nitrogens is 2. The van der Waals surface area contributed by atoms with Crippen LogP contribution in [0, 0.1) is 0 Å². The number of benzene rings is 2. The van der Waals surface area contributed by atoms with Crippen LogP contribution in [0.3, 0.4) is 0 Å². The molecule has 9 heteroatoms. The molecule has 1 aliphatic rings. The lowest BCUT2D eigenvalue weighted by atomic mass is 10.1. The van der Waals surface area contributed by atoms with Gasteiger partial charge < -0.3 is 19.3 Å². The first kappa shape index (κ1) is 21.1. The summed E-state index contributed by atoms with van der Waals surface area (Å²) in [5, 5.41) is 15.0. The standard InChI is InChI=1S/C22H23ClN4O4/c1-14(21-24-20(25-31-21)15-6-8-16(23)9-7-15)26-10-12-27(13-11-26)22(29)17-4-3-5-18(30-2)19(17)28/h3-9,14,28H,10-13H2,1-2H3/t14-/m1/s1. The van der Waals surface area contributed by atoms with Gasteiger partial charge in [0.15, 0.2) is 11.5 Å². The van der Waals surface area contributed by atoms with Gasteiger partial charge in [0.2, 0.25) is 11.7 Å². The zero-order valence-corrected chi connectivity index (χ0v) is 18.0. The van der Waals surface area contributed by atoms with Crippen molar-refractivity contribution >= 4 is 17.5 Å². The second kappa shape index (κ2) is 8.95. The number of para-hydroxylation sites is 1. The lowest BCUT2D eigenvalue weighted by Crippen LogP contribution is -2.49. The number of phenolic OH excluding ortho intramolecular Hbond substituents is 1. The van der Waals surface area contributed by atoms with Crippen molar-refractivity contribution in [2.45, 2.75) is 13.0 Å². The van der Waals surface area contributed by atoms with Crippen LogP contribution in [0.15, 0.2) is 47.0 Å². The number of carbonyl (C=O) groups excluding carboxylic acids is 1. The molecule has 0 aliphatic carbocycles. The molecule has 4 rings (SSSR count). The van der Waals surface area contributed by atoms with E-state index >= 15 is 0 Å². The van der Waals surface area contributed by atoms with E-state index in [4.69, 9.17) is 20.9 Å². The average Bonchev–Trinajstić information content (AvgIpc) is 3.29. The second-order valence-electron chi connectivity index (χ2n) is 7.32. The molecular formula is C22H23ClN4O4. The topological polar surface area (TPSA) is 91.9 Å². The van der Waals surface area contributed by atoms with Crippen LogP contribution in [0.25, 0.3) is 11.4 Å². The first-order valence-corrected chi connectivity index (χ1v) is 10.3. The van der Waals surface area contributed by atoms with E-state index in [9.17, 15) is 9.90 Å². The number of methoxy groups -OCH3 is 1. The van der Waals surface area contributed by atoms with E-state index in [0.29, 0.717) is 42.9 Å². The number of ether oxygens (including phenoxy) is 1. The third kappa shape index (κ3) is 4.35. The minimum atomic E-state index is -0.216. The number of halogens is 1. The third-order valence-corrected chi connectivity index (χ3v) is 5.75. The first-order valence-electron chi connectivity index (χ1n) is 9.96. The highest BCUT2D eigenvalue weighted by Gasteiger charge is 2.29. The summed E-state index contributed by atoms with van der Waals surface area (Å²) in [6.07, 6.45) is 0. The Bertz CT molecular complexity index is 1060. The van der Waals surface area contributed by atoms with Gasteiger partial charge in [-0.15, -0.1) is 0 Å². The lowest BCUT2D eigenvalue weighted by Gasteiger charge is -2.36. The van der Waals surface area contributed by atoms with Gasteiger partial charge in [-0.25, -0.2) is 0 Å². The van der Waals surface area contributed by atoms with Crippen LogP contribution in [-0.4, -0.2) is 64.2 Å². The van der Waals surface area contributed by atoms with Crippen LogP contribution in [0.5, 0.6) is 11.5 Å². The fourth-order valence-electron chi connectivity index (χ4n) is 3.62. The number of aromatic hydroxyl groups is 1. The van der Waals surface area contributed by atoms with Gasteiger partial charge in [-0.1, -0.05) is 22.8 Å². The largest absolute Gasteiger partial charge is 0.504 e. The Morgan fingerprint density at radius 2 is 1.87 bits per heavy atom. The average molecular weight is 443 g/mol. The zero-order valence-electron chi connectivity index (χ0n) is 17.3. The summed E-state index contributed by atoms with van der Waals surface area (Å²) < 4.78 is 10.6. The Balaban J connectivity index is 1.40. The van der Waals surface area contributed by atoms with Crippen molar-refractivity contribution < 1.29 is 19.2 Å². The van der Waals surface area contributed by atoms with Gasteiger partial charge in [-0.3, -0.25) is 9.69 Å². The molecule has 0 unspecified atom stereocenters. The molecule has 31 heavy (non-hydrogen) atoms. The van der Waals surface area contributed by atoms with Crippen molar-refractivity contribution in [3.05, 3.63) is 58.9 Å². The number of amides is 1. The van der Waals surface area contributed by atoms with Crippen molar-refractivity contribution in [3.63, 3.8) is 0 Å². The Kier molecular flexibility index (Phi) is 6.11. The summed E-state index contributed by atoms with van der Waals surface area (Å²) in [4.78, 5) is 21.3. The van der Waals surface area contributed by atoms with Gasteiger partial charge in [0.05, 0.1) is 18.7 Å². The number of carbonyl (C=O) groups is 1. The minimum Gasteiger partial charge on any atom is -0.504 e. The zero-order chi connectivity index (χ0) is 22.0. The number of nitrogens with zero attached hydrogens (tertiary/aromatic N) is 4. The Morgan fingerprint density at radius 3 is 2.55 bits per heavy atom. The van der Waals surface area contributed by atoms with Crippen molar-refractivity contribution in [2.24, 2.45) is 0 Å². The van der Waals surface area contributed by atoms with E-state index in [1.54, 1.807) is 35.2 Å². The summed E-state index contributed by atoms with van der Waals surface area (Å²) >= 11 is 5.93. The monoisotopic (exact) mass is 442 g/mol. The van der Waals surface area contributed by atoms with E-state index in [2.05, 4.69) is 15.0 Å². The molecule has 0 spiro atoms. The summed E-state index contributed by atoms with van der Waals surface area (Å²) in [5.41, 5.74) is 1.07.